The Hall–Kier alpha value is -0.300. The van der Waals surface area contributed by atoms with Crippen LogP contribution in [0.4, 0.5) is 0 Å². The molecule has 1 heteroatoms. The Morgan fingerprint density at radius 2 is 2.00 bits per heavy atom. The van der Waals surface area contributed by atoms with Crippen LogP contribution in [0.15, 0.2) is 11.1 Å². The van der Waals surface area contributed by atoms with E-state index in [0.29, 0.717) is 6.10 Å². The number of rotatable bonds is 2. The number of hydrogen-bond donors (Lipinski definition) is 0. The molecule has 90 valence electrons. The van der Waals surface area contributed by atoms with Crippen LogP contribution in [0.2, 0.25) is 0 Å². The maximum Gasteiger partial charge on any atom is 0.0668 e. The van der Waals surface area contributed by atoms with Crippen molar-refractivity contribution >= 4 is 0 Å². The fourth-order valence-electron chi connectivity index (χ4n) is 4.85. The van der Waals surface area contributed by atoms with Crippen LogP contribution in [0.5, 0.6) is 0 Å². The summed E-state index contributed by atoms with van der Waals surface area (Å²) in [6.07, 6.45) is 6.32. The molecule has 0 heterocycles. The normalized spacial score (nSPS) is 45.2. The van der Waals surface area contributed by atoms with Crippen molar-refractivity contribution in [3.8, 4) is 0 Å². The van der Waals surface area contributed by atoms with E-state index < -0.39 is 0 Å². The Kier molecular flexibility index (Phi) is 2.62. The standard InChI is InChI=1S/C15H24O/c1-4-16-15-12-6-10-5-11(8-12)14(9(2)3)13(15)7-10/h10-13,15H,4-8H2,1-3H3/t10-,11+,12-,13+,15?/m0/s1. The summed E-state index contributed by atoms with van der Waals surface area (Å²) in [6, 6.07) is 0. The van der Waals surface area contributed by atoms with Crippen molar-refractivity contribution in [2.75, 3.05) is 6.61 Å². The van der Waals surface area contributed by atoms with Crippen LogP contribution < -0.4 is 0 Å². The van der Waals surface area contributed by atoms with Crippen molar-refractivity contribution in [3.05, 3.63) is 11.1 Å². The van der Waals surface area contributed by atoms with Gasteiger partial charge in [-0.3, -0.25) is 0 Å². The van der Waals surface area contributed by atoms with Crippen molar-refractivity contribution in [1.82, 2.24) is 0 Å². The van der Waals surface area contributed by atoms with E-state index in [1.807, 2.05) is 0 Å². The van der Waals surface area contributed by atoms with Crippen LogP contribution >= 0.6 is 0 Å². The fraction of sp³-hybridized carbons (Fsp3) is 0.867. The molecule has 1 nitrogen and oxygen atoms in total. The summed E-state index contributed by atoms with van der Waals surface area (Å²) < 4.78 is 6.06. The Balaban J connectivity index is 1.93. The third-order valence-electron chi connectivity index (χ3n) is 5.07. The van der Waals surface area contributed by atoms with Gasteiger partial charge in [-0.1, -0.05) is 11.1 Å². The third-order valence-corrected chi connectivity index (χ3v) is 5.07. The van der Waals surface area contributed by atoms with E-state index in [1.165, 1.54) is 25.7 Å². The molecule has 16 heavy (non-hydrogen) atoms. The molecule has 0 amide bonds. The topological polar surface area (TPSA) is 9.23 Å². The molecule has 4 aliphatic rings. The molecule has 0 aromatic rings. The van der Waals surface area contributed by atoms with Gasteiger partial charge < -0.3 is 4.74 Å². The quantitative estimate of drug-likeness (QED) is 0.643. The van der Waals surface area contributed by atoms with Crippen LogP contribution in [-0.4, -0.2) is 12.7 Å². The summed E-state index contributed by atoms with van der Waals surface area (Å²) in [5.74, 6) is 3.60. The van der Waals surface area contributed by atoms with Crippen molar-refractivity contribution in [2.24, 2.45) is 23.7 Å². The molecular formula is C15H24O. The predicted molar refractivity (Wildman–Crippen MR) is 66.2 cm³/mol. The van der Waals surface area contributed by atoms with Gasteiger partial charge in [0.15, 0.2) is 0 Å². The second-order valence-corrected chi connectivity index (χ2v) is 6.25. The van der Waals surface area contributed by atoms with E-state index in [0.717, 1.165) is 30.3 Å². The first kappa shape index (κ1) is 10.8. The van der Waals surface area contributed by atoms with E-state index in [1.54, 1.807) is 11.1 Å². The molecule has 0 aromatic carbocycles. The molecule has 0 aromatic heterocycles. The van der Waals surface area contributed by atoms with Crippen LogP contribution in [-0.2, 0) is 4.74 Å². The van der Waals surface area contributed by atoms with Gasteiger partial charge in [-0.15, -0.1) is 0 Å². The maximum atomic E-state index is 6.06. The second-order valence-electron chi connectivity index (χ2n) is 6.25. The molecule has 0 N–H and O–H groups in total. The Morgan fingerprint density at radius 3 is 2.69 bits per heavy atom. The van der Waals surface area contributed by atoms with Gasteiger partial charge in [0.05, 0.1) is 6.10 Å². The van der Waals surface area contributed by atoms with Gasteiger partial charge in [-0.2, -0.15) is 0 Å². The zero-order chi connectivity index (χ0) is 11.3. The van der Waals surface area contributed by atoms with Crippen molar-refractivity contribution in [2.45, 2.75) is 52.6 Å². The summed E-state index contributed by atoms with van der Waals surface area (Å²) in [5, 5.41) is 0. The molecule has 4 fully saturated rings. The predicted octanol–water partition coefficient (Wildman–Crippen LogP) is 3.79. The molecule has 4 bridgehead atoms. The van der Waals surface area contributed by atoms with Crippen LogP contribution in [0.25, 0.3) is 0 Å². The molecule has 1 unspecified atom stereocenters. The molecule has 0 radical (unpaired) electrons. The monoisotopic (exact) mass is 220 g/mol. The number of ether oxygens (including phenoxy) is 1. The Labute approximate surface area is 99.3 Å². The average molecular weight is 220 g/mol. The van der Waals surface area contributed by atoms with E-state index in [4.69, 9.17) is 4.74 Å². The molecule has 0 aliphatic heterocycles. The maximum absolute atomic E-state index is 6.06. The molecule has 0 saturated heterocycles. The molecule has 5 atom stereocenters. The van der Waals surface area contributed by atoms with Gasteiger partial charge in [0.1, 0.15) is 0 Å². The zero-order valence-electron chi connectivity index (χ0n) is 10.8. The van der Waals surface area contributed by atoms with Gasteiger partial charge in [-0.25, -0.2) is 0 Å². The highest BCUT2D eigenvalue weighted by Gasteiger charge is 2.51. The van der Waals surface area contributed by atoms with Crippen LogP contribution in [0.3, 0.4) is 0 Å². The number of allylic oxidation sites excluding steroid dienone is 1. The van der Waals surface area contributed by atoms with Gasteiger partial charge in [0.25, 0.3) is 0 Å². The van der Waals surface area contributed by atoms with Gasteiger partial charge >= 0.3 is 0 Å². The smallest absolute Gasteiger partial charge is 0.0668 e. The minimum atomic E-state index is 0.558. The highest BCUT2D eigenvalue weighted by Crippen LogP contribution is 2.57. The Bertz CT molecular complexity index is 313. The van der Waals surface area contributed by atoms with Gasteiger partial charge in [-0.05, 0) is 64.2 Å². The summed E-state index contributed by atoms with van der Waals surface area (Å²) >= 11 is 0. The van der Waals surface area contributed by atoms with E-state index in [9.17, 15) is 0 Å². The van der Waals surface area contributed by atoms with Gasteiger partial charge in [0.2, 0.25) is 0 Å². The van der Waals surface area contributed by atoms with E-state index in [2.05, 4.69) is 20.8 Å². The van der Waals surface area contributed by atoms with Crippen molar-refractivity contribution in [1.29, 1.82) is 0 Å². The summed E-state index contributed by atoms with van der Waals surface area (Å²) in [5.41, 5.74) is 3.36. The van der Waals surface area contributed by atoms with Gasteiger partial charge in [0, 0.05) is 12.5 Å². The second kappa shape index (κ2) is 3.87. The summed E-state index contributed by atoms with van der Waals surface area (Å²) in [4.78, 5) is 0. The van der Waals surface area contributed by atoms with Crippen molar-refractivity contribution in [3.63, 3.8) is 0 Å². The lowest BCUT2D eigenvalue weighted by molar-refractivity contribution is -0.0959. The SMILES string of the molecule is CCOC1[C@H]2C[C@@H]3C[C@H](C2)C(=C(C)C)[C@H]1C3. The zero-order valence-corrected chi connectivity index (χ0v) is 10.8. The lowest BCUT2D eigenvalue weighted by Crippen LogP contribution is -2.51. The molecular weight excluding hydrogens is 196 g/mol. The molecule has 0 spiro atoms. The average Bonchev–Trinajstić information content (AvgIpc) is 2.22. The van der Waals surface area contributed by atoms with E-state index in [-0.39, 0.29) is 0 Å². The number of hydrogen-bond acceptors (Lipinski definition) is 1. The first-order valence-electron chi connectivity index (χ1n) is 6.99. The highest BCUT2D eigenvalue weighted by molar-refractivity contribution is 5.26. The van der Waals surface area contributed by atoms with Crippen LogP contribution in [0.1, 0.15) is 46.5 Å². The fourth-order valence-corrected chi connectivity index (χ4v) is 4.85. The first-order valence-corrected chi connectivity index (χ1v) is 6.99. The highest BCUT2D eigenvalue weighted by atomic mass is 16.5. The lowest BCUT2D eigenvalue weighted by atomic mass is 9.52. The first-order chi connectivity index (χ1) is 7.70. The third kappa shape index (κ3) is 1.48. The summed E-state index contributed by atoms with van der Waals surface area (Å²) in [7, 11) is 0. The summed E-state index contributed by atoms with van der Waals surface area (Å²) in [6.45, 7) is 7.65. The minimum Gasteiger partial charge on any atom is -0.378 e. The van der Waals surface area contributed by atoms with Crippen LogP contribution in [0, 0.1) is 23.7 Å². The Morgan fingerprint density at radius 1 is 1.19 bits per heavy atom. The minimum absolute atomic E-state index is 0.558. The molecule has 4 saturated carbocycles. The molecule has 4 aliphatic carbocycles. The van der Waals surface area contributed by atoms with E-state index >= 15 is 0 Å². The largest absolute Gasteiger partial charge is 0.378 e. The van der Waals surface area contributed by atoms with Crippen molar-refractivity contribution < 1.29 is 4.74 Å². The lowest BCUT2D eigenvalue weighted by Gasteiger charge is -2.56. The molecule has 4 rings (SSSR count).